The summed E-state index contributed by atoms with van der Waals surface area (Å²) in [5, 5.41) is 0. The molecule has 0 spiro atoms. The average molecular weight is 140 g/mol. The molecule has 0 heteroatoms. The summed E-state index contributed by atoms with van der Waals surface area (Å²) < 4.78 is 0. The summed E-state index contributed by atoms with van der Waals surface area (Å²) in [6.07, 6.45) is 4.76. The molecule has 60 valence electrons. The lowest BCUT2D eigenvalue weighted by molar-refractivity contribution is 0.479. The molecule has 0 saturated carbocycles. The molecule has 10 heavy (non-hydrogen) atoms. The van der Waals surface area contributed by atoms with Gasteiger partial charge in [0.2, 0.25) is 0 Å². The second kappa shape index (κ2) is 3.80. The molecule has 0 aromatic rings. The summed E-state index contributed by atoms with van der Waals surface area (Å²) >= 11 is 0. The van der Waals surface area contributed by atoms with Crippen LogP contribution in [0.2, 0.25) is 0 Å². The molecule has 0 atom stereocenters. The molecule has 0 radical (unpaired) electrons. The topological polar surface area (TPSA) is 0 Å². The minimum Gasteiger partial charge on any atom is -0.0879 e. The molecule has 0 amide bonds. The molecular formula is C10H20. The molecule has 0 aliphatic carbocycles. The van der Waals surface area contributed by atoms with Gasteiger partial charge in [0.1, 0.15) is 0 Å². The molecule has 0 bridgehead atoms. The van der Waals surface area contributed by atoms with Crippen molar-refractivity contribution in [2.24, 2.45) is 5.41 Å². The molecule has 0 saturated heterocycles. The second-order valence-corrected chi connectivity index (χ2v) is 3.81. The Labute approximate surface area is 65.3 Å². The van der Waals surface area contributed by atoms with E-state index in [4.69, 9.17) is 0 Å². The van der Waals surface area contributed by atoms with E-state index in [1.54, 1.807) is 5.57 Å². The maximum Gasteiger partial charge on any atom is -0.0173 e. The van der Waals surface area contributed by atoms with E-state index in [0.29, 0.717) is 5.41 Å². The van der Waals surface area contributed by atoms with E-state index in [-0.39, 0.29) is 0 Å². The van der Waals surface area contributed by atoms with Crippen molar-refractivity contribution in [1.82, 2.24) is 0 Å². The van der Waals surface area contributed by atoms with E-state index < -0.39 is 0 Å². The fraction of sp³-hybridized carbons (Fsp3) is 0.800. The van der Waals surface area contributed by atoms with Gasteiger partial charge < -0.3 is 0 Å². The first kappa shape index (κ1) is 9.74. The Morgan fingerprint density at radius 3 is 1.90 bits per heavy atom. The smallest absolute Gasteiger partial charge is 0.0173 e. The fourth-order valence-electron chi connectivity index (χ4n) is 1.22. The van der Waals surface area contributed by atoms with Crippen LogP contribution < -0.4 is 0 Å². The van der Waals surface area contributed by atoms with Crippen molar-refractivity contribution >= 4 is 0 Å². The van der Waals surface area contributed by atoms with Crippen LogP contribution in [0.5, 0.6) is 0 Å². The lowest BCUT2D eigenvalue weighted by Gasteiger charge is -2.22. The Balaban J connectivity index is 4.10. The zero-order valence-corrected chi connectivity index (χ0v) is 7.99. The molecule has 0 unspecified atom stereocenters. The zero-order chi connectivity index (χ0) is 8.20. The van der Waals surface area contributed by atoms with E-state index in [0.717, 1.165) is 0 Å². The maximum absolute atomic E-state index is 2.28. The number of hydrogen-bond donors (Lipinski definition) is 0. The van der Waals surface area contributed by atoms with Crippen molar-refractivity contribution in [3.63, 3.8) is 0 Å². The van der Waals surface area contributed by atoms with E-state index >= 15 is 0 Å². The first-order valence-electron chi connectivity index (χ1n) is 4.18. The summed E-state index contributed by atoms with van der Waals surface area (Å²) in [7, 11) is 0. The highest BCUT2D eigenvalue weighted by molar-refractivity contribution is 5.09. The van der Waals surface area contributed by atoms with Gasteiger partial charge in [0.25, 0.3) is 0 Å². The van der Waals surface area contributed by atoms with Crippen LogP contribution in [0.15, 0.2) is 11.6 Å². The first-order chi connectivity index (χ1) is 4.52. The molecule has 0 aliphatic heterocycles. The largest absolute Gasteiger partial charge is 0.0879 e. The molecular weight excluding hydrogens is 120 g/mol. The van der Waals surface area contributed by atoms with Crippen molar-refractivity contribution < 1.29 is 0 Å². The lowest BCUT2D eigenvalue weighted by atomic mass is 9.84. The van der Waals surface area contributed by atoms with E-state index in [2.05, 4.69) is 40.7 Å². The van der Waals surface area contributed by atoms with Crippen LogP contribution in [0.4, 0.5) is 0 Å². The Morgan fingerprint density at radius 2 is 1.80 bits per heavy atom. The molecule has 0 fully saturated rings. The molecule has 0 aromatic carbocycles. The standard InChI is InChI=1S/C10H20/c1-6-8-9(7-2)10(3,4)5/h7H,6,8H2,1-5H3. The van der Waals surface area contributed by atoms with Gasteiger partial charge in [-0.05, 0) is 18.8 Å². The molecule has 0 aliphatic rings. The second-order valence-electron chi connectivity index (χ2n) is 3.81. The zero-order valence-electron chi connectivity index (χ0n) is 7.99. The Morgan fingerprint density at radius 1 is 1.30 bits per heavy atom. The number of hydrogen-bond acceptors (Lipinski definition) is 0. The highest BCUT2D eigenvalue weighted by atomic mass is 14.2. The fourth-order valence-corrected chi connectivity index (χ4v) is 1.22. The predicted molar refractivity (Wildman–Crippen MR) is 48.1 cm³/mol. The van der Waals surface area contributed by atoms with Gasteiger partial charge in [-0.2, -0.15) is 0 Å². The maximum atomic E-state index is 2.28. The first-order valence-corrected chi connectivity index (χ1v) is 4.18. The third-order valence-electron chi connectivity index (χ3n) is 1.83. The summed E-state index contributed by atoms with van der Waals surface area (Å²) in [6, 6.07) is 0. The monoisotopic (exact) mass is 140 g/mol. The van der Waals surface area contributed by atoms with Gasteiger partial charge in [-0.1, -0.05) is 45.8 Å². The van der Waals surface area contributed by atoms with Crippen LogP contribution in [-0.2, 0) is 0 Å². The van der Waals surface area contributed by atoms with Crippen molar-refractivity contribution in [3.05, 3.63) is 11.6 Å². The molecule has 0 heterocycles. The number of rotatable bonds is 2. The van der Waals surface area contributed by atoms with Gasteiger partial charge in [0.05, 0.1) is 0 Å². The quantitative estimate of drug-likeness (QED) is 0.512. The Hall–Kier alpha value is -0.260. The number of allylic oxidation sites excluding steroid dienone is 2. The van der Waals surface area contributed by atoms with Gasteiger partial charge in [0.15, 0.2) is 0 Å². The molecule has 0 N–H and O–H groups in total. The van der Waals surface area contributed by atoms with E-state index in [9.17, 15) is 0 Å². The van der Waals surface area contributed by atoms with Crippen molar-refractivity contribution in [1.29, 1.82) is 0 Å². The minimum atomic E-state index is 0.380. The lowest BCUT2D eigenvalue weighted by Crippen LogP contribution is -2.08. The molecule has 0 aromatic heterocycles. The average Bonchev–Trinajstić information content (AvgIpc) is 1.80. The normalized spacial score (nSPS) is 13.9. The van der Waals surface area contributed by atoms with Crippen LogP contribution in [0.3, 0.4) is 0 Å². The highest BCUT2D eigenvalue weighted by Crippen LogP contribution is 2.28. The summed E-state index contributed by atoms with van der Waals surface area (Å²) in [5.74, 6) is 0. The van der Waals surface area contributed by atoms with Gasteiger partial charge in [-0.3, -0.25) is 0 Å². The van der Waals surface area contributed by atoms with Gasteiger partial charge in [0, 0.05) is 0 Å². The molecule has 0 rings (SSSR count). The van der Waals surface area contributed by atoms with Crippen LogP contribution in [0.1, 0.15) is 47.5 Å². The van der Waals surface area contributed by atoms with Gasteiger partial charge >= 0.3 is 0 Å². The van der Waals surface area contributed by atoms with Crippen molar-refractivity contribution in [2.45, 2.75) is 47.5 Å². The van der Waals surface area contributed by atoms with Gasteiger partial charge in [-0.25, -0.2) is 0 Å². The third kappa shape index (κ3) is 3.05. The highest BCUT2D eigenvalue weighted by Gasteiger charge is 2.14. The van der Waals surface area contributed by atoms with E-state index in [1.807, 2.05) is 0 Å². The van der Waals surface area contributed by atoms with Crippen LogP contribution in [0, 0.1) is 5.41 Å². The third-order valence-corrected chi connectivity index (χ3v) is 1.83. The Bertz CT molecular complexity index is 112. The van der Waals surface area contributed by atoms with E-state index in [1.165, 1.54) is 12.8 Å². The summed E-state index contributed by atoms with van der Waals surface area (Å²) in [5.41, 5.74) is 1.96. The van der Waals surface area contributed by atoms with Gasteiger partial charge in [-0.15, -0.1) is 0 Å². The Kier molecular flexibility index (Phi) is 3.70. The predicted octanol–water partition coefficient (Wildman–Crippen LogP) is 3.78. The van der Waals surface area contributed by atoms with Crippen LogP contribution in [0.25, 0.3) is 0 Å². The van der Waals surface area contributed by atoms with Crippen molar-refractivity contribution in [2.75, 3.05) is 0 Å². The molecule has 0 nitrogen and oxygen atoms in total. The van der Waals surface area contributed by atoms with Crippen LogP contribution in [-0.4, -0.2) is 0 Å². The SMILES string of the molecule is CC=C(CCC)C(C)(C)C. The van der Waals surface area contributed by atoms with Crippen molar-refractivity contribution in [3.8, 4) is 0 Å². The van der Waals surface area contributed by atoms with Crippen LogP contribution >= 0.6 is 0 Å². The minimum absolute atomic E-state index is 0.380. The summed E-state index contributed by atoms with van der Waals surface area (Å²) in [4.78, 5) is 0. The summed E-state index contributed by atoms with van der Waals surface area (Å²) in [6.45, 7) is 11.2.